The molecule has 0 spiro atoms. The first-order valence-corrected chi connectivity index (χ1v) is 4.72. The molecule has 1 rings (SSSR count). The summed E-state index contributed by atoms with van der Waals surface area (Å²) in [5.74, 6) is 1.60. The van der Waals surface area contributed by atoms with E-state index in [2.05, 4.69) is 28.6 Å². The van der Waals surface area contributed by atoms with Crippen LogP contribution in [0.3, 0.4) is 0 Å². The van der Waals surface area contributed by atoms with Crippen LogP contribution >= 0.6 is 0 Å². The van der Waals surface area contributed by atoms with E-state index in [0.29, 0.717) is 5.92 Å². The Morgan fingerprint density at radius 3 is 2.69 bits per heavy atom. The molecule has 0 aliphatic rings. The molecule has 1 unspecified atom stereocenters. The van der Waals surface area contributed by atoms with E-state index in [-0.39, 0.29) is 6.04 Å². The fourth-order valence-electron chi connectivity index (χ4n) is 1.27. The Morgan fingerprint density at radius 2 is 2.15 bits per heavy atom. The summed E-state index contributed by atoms with van der Waals surface area (Å²) in [7, 11) is 0. The van der Waals surface area contributed by atoms with Gasteiger partial charge < -0.3 is 10.3 Å². The van der Waals surface area contributed by atoms with Crippen LogP contribution in [-0.4, -0.2) is 20.8 Å². The van der Waals surface area contributed by atoms with Crippen LogP contribution in [0.2, 0.25) is 0 Å². The first kappa shape index (κ1) is 10.2. The highest BCUT2D eigenvalue weighted by atomic mass is 15.3. The Morgan fingerprint density at radius 1 is 1.46 bits per heavy atom. The van der Waals surface area contributed by atoms with Crippen molar-refractivity contribution in [3.05, 3.63) is 12.2 Å². The van der Waals surface area contributed by atoms with E-state index >= 15 is 0 Å². The molecule has 0 bridgehead atoms. The van der Waals surface area contributed by atoms with Gasteiger partial charge in [0, 0.05) is 19.0 Å². The molecule has 1 atom stereocenters. The number of nitrogens with zero attached hydrogens (tertiary/aromatic N) is 3. The van der Waals surface area contributed by atoms with Crippen molar-refractivity contribution >= 4 is 0 Å². The molecule has 0 saturated heterocycles. The number of rotatable bonds is 4. The number of aromatic nitrogens is 3. The first-order valence-electron chi connectivity index (χ1n) is 4.72. The summed E-state index contributed by atoms with van der Waals surface area (Å²) in [4.78, 5) is 0. The highest BCUT2D eigenvalue weighted by molar-refractivity contribution is 4.88. The van der Waals surface area contributed by atoms with Gasteiger partial charge in [0.1, 0.15) is 12.2 Å². The van der Waals surface area contributed by atoms with Crippen molar-refractivity contribution in [2.24, 2.45) is 11.7 Å². The molecule has 0 amide bonds. The lowest BCUT2D eigenvalue weighted by Gasteiger charge is -2.10. The van der Waals surface area contributed by atoms with Crippen LogP contribution in [0.4, 0.5) is 0 Å². The van der Waals surface area contributed by atoms with Crippen LogP contribution in [0.15, 0.2) is 6.33 Å². The smallest absolute Gasteiger partial charge is 0.134 e. The summed E-state index contributed by atoms with van der Waals surface area (Å²) in [5.41, 5.74) is 5.70. The van der Waals surface area contributed by atoms with E-state index in [9.17, 15) is 0 Å². The Labute approximate surface area is 79.2 Å². The van der Waals surface area contributed by atoms with Crippen LogP contribution in [0.5, 0.6) is 0 Å². The number of hydrogen-bond donors (Lipinski definition) is 1. The minimum absolute atomic E-state index is 0.148. The minimum atomic E-state index is 0.148. The average Bonchev–Trinajstić information content (AvgIpc) is 2.34. The summed E-state index contributed by atoms with van der Waals surface area (Å²) in [6.07, 6.45) is 2.57. The first-order chi connectivity index (χ1) is 6.09. The van der Waals surface area contributed by atoms with Crippen LogP contribution in [-0.2, 0) is 13.0 Å². The predicted octanol–water partition coefficient (Wildman–Crippen LogP) is 0.824. The van der Waals surface area contributed by atoms with Gasteiger partial charge in [-0.05, 0) is 12.8 Å². The highest BCUT2D eigenvalue weighted by Crippen LogP contribution is 2.03. The van der Waals surface area contributed by atoms with E-state index < -0.39 is 0 Å². The second kappa shape index (κ2) is 4.37. The monoisotopic (exact) mass is 182 g/mol. The van der Waals surface area contributed by atoms with Gasteiger partial charge in [-0.1, -0.05) is 13.8 Å². The third-order valence-electron chi connectivity index (χ3n) is 1.76. The van der Waals surface area contributed by atoms with E-state index in [0.717, 1.165) is 18.8 Å². The summed E-state index contributed by atoms with van der Waals surface area (Å²) in [6, 6.07) is 0.148. The van der Waals surface area contributed by atoms with Gasteiger partial charge in [-0.2, -0.15) is 0 Å². The van der Waals surface area contributed by atoms with Gasteiger partial charge in [-0.25, -0.2) is 0 Å². The van der Waals surface area contributed by atoms with Gasteiger partial charge in [0.25, 0.3) is 0 Å². The van der Waals surface area contributed by atoms with Crippen LogP contribution in [0.1, 0.15) is 26.6 Å². The van der Waals surface area contributed by atoms with Crippen LogP contribution in [0.25, 0.3) is 0 Å². The molecule has 0 fully saturated rings. The molecule has 4 nitrogen and oxygen atoms in total. The van der Waals surface area contributed by atoms with Crippen molar-refractivity contribution in [2.75, 3.05) is 0 Å². The van der Waals surface area contributed by atoms with Gasteiger partial charge in [-0.3, -0.25) is 0 Å². The second-order valence-corrected chi connectivity index (χ2v) is 3.97. The van der Waals surface area contributed by atoms with Crippen molar-refractivity contribution in [3.8, 4) is 0 Å². The molecule has 74 valence electrons. The molecule has 0 aliphatic heterocycles. The topological polar surface area (TPSA) is 56.7 Å². The molecule has 0 aliphatic carbocycles. The highest BCUT2D eigenvalue weighted by Gasteiger charge is 2.07. The lowest BCUT2D eigenvalue weighted by Crippen LogP contribution is -2.21. The molecule has 0 saturated carbocycles. The summed E-state index contributed by atoms with van der Waals surface area (Å²) >= 11 is 0. The van der Waals surface area contributed by atoms with Crippen molar-refractivity contribution in [2.45, 2.75) is 39.8 Å². The zero-order valence-corrected chi connectivity index (χ0v) is 8.57. The average molecular weight is 182 g/mol. The van der Waals surface area contributed by atoms with Gasteiger partial charge in [0.05, 0.1) is 0 Å². The zero-order chi connectivity index (χ0) is 9.84. The molecule has 13 heavy (non-hydrogen) atoms. The fourth-order valence-corrected chi connectivity index (χ4v) is 1.27. The fraction of sp³-hybridized carbons (Fsp3) is 0.778. The predicted molar refractivity (Wildman–Crippen MR) is 52.2 cm³/mol. The Hall–Kier alpha value is -0.900. The molecular formula is C9H18N4. The molecule has 1 aromatic rings. The number of hydrogen-bond acceptors (Lipinski definition) is 3. The summed E-state index contributed by atoms with van der Waals surface area (Å²) < 4.78 is 2.08. The maximum atomic E-state index is 5.70. The maximum absolute atomic E-state index is 5.70. The molecule has 0 radical (unpaired) electrons. The van der Waals surface area contributed by atoms with E-state index in [1.54, 1.807) is 6.33 Å². The lowest BCUT2D eigenvalue weighted by molar-refractivity contribution is 0.499. The summed E-state index contributed by atoms with van der Waals surface area (Å²) in [5, 5.41) is 7.93. The SMILES string of the molecule is CC(C)Cn1cnnc1CC(C)N. The Kier molecular flexibility index (Phi) is 3.42. The molecule has 0 aromatic carbocycles. The zero-order valence-electron chi connectivity index (χ0n) is 8.57. The molecule has 4 heteroatoms. The van der Waals surface area contributed by atoms with E-state index in [1.807, 2.05) is 6.92 Å². The van der Waals surface area contributed by atoms with Crippen molar-refractivity contribution in [3.63, 3.8) is 0 Å². The quantitative estimate of drug-likeness (QED) is 0.750. The lowest BCUT2D eigenvalue weighted by atomic mass is 10.2. The van der Waals surface area contributed by atoms with Crippen molar-refractivity contribution in [1.82, 2.24) is 14.8 Å². The third-order valence-corrected chi connectivity index (χ3v) is 1.76. The van der Waals surface area contributed by atoms with Gasteiger partial charge in [0.15, 0.2) is 0 Å². The minimum Gasteiger partial charge on any atom is -0.328 e. The van der Waals surface area contributed by atoms with Gasteiger partial charge >= 0.3 is 0 Å². The van der Waals surface area contributed by atoms with Crippen LogP contribution < -0.4 is 5.73 Å². The normalized spacial score (nSPS) is 13.6. The molecule has 2 N–H and O–H groups in total. The standard InChI is InChI=1S/C9H18N4/c1-7(2)5-13-6-11-12-9(13)4-8(3)10/h6-8H,4-5,10H2,1-3H3. The molecule has 1 aromatic heterocycles. The van der Waals surface area contributed by atoms with E-state index in [1.165, 1.54) is 0 Å². The van der Waals surface area contributed by atoms with Gasteiger partial charge in [0.2, 0.25) is 0 Å². The largest absolute Gasteiger partial charge is 0.328 e. The Balaban J connectivity index is 2.65. The summed E-state index contributed by atoms with van der Waals surface area (Å²) in [6.45, 7) is 7.30. The third kappa shape index (κ3) is 3.14. The Bertz CT molecular complexity index is 227. The molecule has 1 heterocycles. The molecular weight excluding hydrogens is 164 g/mol. The van der Waals surface area contributed by atoms with Crippen LogP contribution in [0, 0.1) is 5.92 Å². The maximum Gasteiger partial charge on any atom is 0.134 e. The second-order valence-electron chi connectivity index (χ2n) is 3.97. The van der Waals surface area contributed by atoms with Gasteiger partial charge in [-0.15, -0.1) is 10.2 Å². The van der Waals surface area contributed by atoms with E-state index in [4.69, 9.17) is 5.73 Å². The number of nitrogens with two attached hydrogens (primary N) is 1. The van der Waals surface area contributed by atoms with Crippen molar-refractivity contribution in [1.29, 1.82) is 0 Å². The van der Waals surface area contributed by atoms with Crippen molar-refractivity contribution < 1.29 is 0 Å².